The molecule has 0 saturated carbocycles. The van der Waals surface area contributed by atoms with Crippen molar-refractivity contribution in [3.63, 3.8) is 0 Å². The van der Waals surface area contributed by atoms with Crippen LogP contribution in [0.1, 0.15) is 35.2 Å². The van der Waals surface area contributed by atoms with Gasteiger partial charge in [0.25, 0.3) is 5.91 Å². The number of carbonyl (C=O) groups is 2. The zero-order valence-electron chi connectivity index (χ0n) is 19.0. The van der Waals surface area contributed by atoms with E-state index in [1.807, 2.05) is 23.1 Å². The minimum atomic E-state index is -0.132. The fraction of sp³-hybridized carbons (Fsp3) is 0.480. The van der Waals surface area contributed by atoms with Crippen LogP contribution in [0.3, 0.4) is 0 Å². The summed E-state index contributed by atoms with van der Waals surface area (Å²) in [5.74, 6) is 0.539. The van der Waals surface area contributed by atoms with E-state index in [-0.39, 0.29) is 18.0 Å². The van der Waals surface area contributed by atoms with Crippen LogP contribution >= 0.6 is 0 Å². The number of amides is 3. The maximum absolute atomic E-state index is 12.8. The van der Waals surface area contributed by atoms with Crippen LogP contribution in [-0.4, -0.2) is 73.8 Å². The molecule has 8 heteroatoms. The van der Waals surface area contributed by atoms with Crippen LogP contribution in [0.2, 0.25) is 0 Å². The Kier molecular flexibility index (Phi) is 8.14. The Bertz CT molecular complexity index is 909. The third-order valence-electron chi connectivity index (χ3n) is 6.17. The van der Waals surface area contributed by atoms with Gasteiger partial charge in [0.2, 0.25) is 0 Å². The van der Waals surface area contributed by atoms with Crippen molar-refractivity contribution in [1.29, 1.82) is 0 Å². The Morgan fingerprint density at radius 3 is 2.61 bits per heavy atom. The number of urea groups is 1. The van der Waals surface area contributed by atoms with Crippen molar-refractivity contribution < 1.29 is 14.3 Å². The van der Waals surface area contributed by atoms with Gasteiger partial charge in [-0.1, -0.05) is 30.3 Å². The van der Waals surface area contributed by atoms with Crippen LogP contribution in [0.4, 0.5) is 10.6 Å². The molecule has 2 fully saturated rings. The molecule has 8 nitrogen and oxygen atoms in total. The molecule has 1 aromatic carbocycles. The van der Waals surface area contributed by atoms with Crippen molar-refractivity contribution in [2.75, 3.05) is 50.8 Å². The first kappa shape index (κ1) is 23.0. The highest BCUT2D eigenvalue weighted by atomic mass is 16.5. The van der Waals surface area contributed by atoms with Gasteiger partial charge >= 0.3 is 6.03 Å². The highest BCUT2D eigenvalue weighted by Gasteiger charge is 2.25. The summed E-state index contributed by atoms with van der Waals surface area (Å²) in [6.45, 7) is 4.41. The third-order valence-corrected chi connectivity index (χ3v) is 6.17. The summed E-state index contributed by atoms with van der Waals surface area (Å²) >= 11 is 0. The minimum Gasteiger partial charge on any atom is -0.376 e. The molecule has 2 aliphatic rings. The lowest BCUT2D eigenvalue weighted by Gasteiger charge is -2.36. The first-order chi connectivity index (χ1) is 16.2. The summed E-state index contributed by atoms with van der Waals surface area (Å²) in [5.41, 5.74) is 1.85. The monoisotopic (exact) mass is 451 g/mol. The summed E-state index contributed by atoms with van der Waals surface area (Å²) in [7, 11) is 0. The van der Waals surface area contributed by atoms with Crippen molar-refractivity contribution in [2.45, 2.75) is 31.8 Å². The average molecular weight is 452 g/mol. The molecular formula is C25H33N5O3. The lowest BCUT2D eigenvalue weighted by molar-refractivity contribution is 0.0857. The van der Waals surface area contributed by atoms with Crippen molar-refractivity contribution >= 4 is 17.8 Å². The predicted molar refractivity (Wildman–Crippen MR) is 127 cm³/mol. The maximum Gasteiger partial charge on any atom is 0.317 e. The maximum atomic E-state index is 12.8. The number of hydrogen-bond acceptors (Lipinski definition) is 5. The van der Waals surface area contributed by atoms with E-state index in [0.29, 0.717) is 50.6 Å². The average Bonchev–Trinajstić information content (AvgIpc) is 3.40. The van der Waals surface area contributed by atoms with Gasteiger partial charge in [0.1, 0.15) is 5.82 Å². The second-order valence-electron chi connectivity index (χ2n) is 8.51. The van der Waals surface area contributed by atoms with Crippen LogP contribution in [0, 0.1) is 0 Å². The molecule has 1 aromatic heterocycles. The Morgan fingerprint density at radius 1 is 1.03 bits per heavy atom. The van der Waals surface area contributed by atoms with Gasteiger partial charge in [-0.2, -0.15) is 0 Å². The van der Waals surface area contributed by atoms with Crippen LogP contribution in [0.15, 0.2) is 48.7 Å². The van der Waals surface area contributed by atoms with Crippen LogP contribution < -0.4 is 15.5 Å². The number of aryl methyl sites for hydroxylation is 1. The highest BCUT2D eigenvalue weighted by Crippen LogP contribution is 2.19. The van der Waals surface area contributed by atoms with E-state index >= 15 is 0 Å². The lowest BCUT2D eigenvalue weighted by Crippen LogP contribution is -2.52. The molecule has 2 aromatic rings. The van der Waals surface area contributed by atoms with E-state index in [2.05, 4.69) is 32.7 Å². The molecule has 2 aliphatic heterocycles. The number of aromatic nitrogens is 1. The molecule has 0 unspecified atom stereocenters. The number of benzene rings is 1. The Labute approximate surface area is 195 Å². The van der Waals surface area contributed by atoms with Gasteiger partial charge in [-0.15, -0.1) is 0 Å². The fourth-order valence-electron chi connectivity index (χ4n) is 4.30. The first-order valence-electron chi connectivity index (χ1n) is 11.9. The number of rotatable bonds is 8. The number of hydrogen-bond donors (Lipinski definition) is 2. The van der Waals surface area contributed by atoms with Gasteiger partial charge in [-0.05, 0) is 43.4 Å². The SMILES string of the molecule is O=C(NC[C@H]1CCCO1)c1cccnc1N1CCN(C(=O)NCCCc2ccccc2)CC1. The summed E-state index contributed by atoms with van der Waals surface area (Å²) in [4.78, 5) is 33.7. The molecule has 33 heavy (non-hydrogen) atoms. The quantitative estimate of drug-likeness (QED) is 0.602. The van der Waals surface area contributed by atoms with Gasteiger partial charge in [-0.3, -0.25) is 4.79 Å². The van der Waals surface area contributed by atoms with Gasteiger partial charge in [-0.25, -0.2) is 9.78 Å². The second-order valence-corrected chi connectivity index (χ2v) is 8.51. The standard InChI is InChI=1S/C25H33N5O3/c31-24(28-19-21-10-6-18-33-21)22-11-5-12-26-23(22)29-14-16-30(17-15-29)25(32)27-13-4-9-20-7-2-1-3-8-20/h1-3,5,7-8,11-12,21H,4,6,9-10,13-19H2,(H,27,32)(H,28,31)/t21-/m1/s1. The van der Waals surface area contributed by atoms with Crippen LogP contribution in [0.25, 0.3) is 0 Å². The Balaban J connectivity index is 1.23. The summed E-state index contributed by atoms with van der Waals surface area (Å²) in [5, 5.41) is 6.01. The highest BCUT2D eigenvalue weighted by molar-refractivity contribution is 5.99. The first-order valence-corrected chi connectivity index (χ1v) is 11.9. The largest absolute Gasteiger partial charge is 0.376 e. The topological polar surface area (TPSA) is 86.8 Å². The van der Waals surface area contributed by atoms with E-state index in [4.69, 9.17) is 4.74 Å². The normalized spacial score (nSPS) is 18.2. The van der Waals surface area contributed by atoms with E-state index in [1.165, 1.54) is 5.56 Å². The van der Waals surface area contributed by atoms with E-state index in [0.717, 1.165) is 32.3 Å². The number of anilines is 1. The summed E-state index contributed by atoms with van der Waals surface area (Å²) in [6.07, 6.45) is 5.70. The van der Waals surface area contributed by atoms with Crippen molar-refractivity contribution in [1.82, 2.24) is 20.5 Å². The van der Waals surface area contributed by atoms with Crippen LogP contribution in [-0.2, 0) is 11.2 Å². The molecule has 2 N–H and O–H groups in total. The third kappa shape index (κ3) is 6.44. The number of ether oxygens (including phenoxy) is 1. The van der Waals surface area contributed by atoms with Crippen molar-refractivity contribution in [3.05, 3.63) is 59.8 Å². The number of nitrogens with one attached hydrogen (secondary N) is 2. The molecule has 1 atom stereocenters. The zero-order valence-corrected chi connectivity index (χ0v) is 19.0. The Hall–Kier alpha value is -3.13. The molecule has 0 spiro atoms. The minimum absolute atomic E-state index is 0.0294. The van der Waals surface area contributed by atoms with E-state index in [1.54, 1.807) is 18.3 Å². The number of pyridine rings is 1. The van der Waals surface area contributed by atoms with E-state index < -0.39 is 0 Å². The van der Waals surface area contributed by atoms with Crippen molar-refractivity contribution in [2.24, 2.45) is 0 Å². The lowest BCUT2D eigenvalue weighted by atomic mass is 10.1. The molecule has 4 rings (SSSR count). The van der Waals surface area contributed by atoms with Gasteiger partial charge < -0.3 is 25.2 Å². The molecule has 3 heterocycles. The van der Waals surface area contributed by atoms with E-state index in [9.17, 15) is 9.59 Å². The van der Waals surface area contributed by atoms with Gasteiger partial charge in [0, 0.05) is 52.1 Å². The Morgan fingerprint density at radius 2 is 1.85 bits per heavy atom. The molecule has 3 amide bonds. The zero-order chi connectivity index (χ0) is 22.9. The van der Waals surface area contributed by atoms with Gasteiger partial charge in [0.15, 0.2) is 0 Å². The molecule has 0 bridgehead atoms. The molecule has 176 valence electrons. The van der Waals surface area contributed by atoms with Crippen molar-refractivity contribution in [3.8, 4) is 0 Å². The van der Waals surface area contributed by atoms with Crippen LogP contribution in [0.5, 0.6) is 0 Å². The smallest absolute Gasteiger partial charge is 0.317 e. The second kappa shape index (κ2) is 11.7. The fourth-order valence-corrected chi connectivity index (χ4v) is 4.30. The molecule has 0 radical (unpaired) electrons. The number of nitrogens with zero attached hydrogens (tertiary/aromatic N) is 3. The molecular weight excluding hydrogens is 418 g/mol. The predicted octanol–water partition coefficient (Wildman–Crippen LogP) is 2.45. The molecule has 2 saturated heterocycles. The summed E-state index contributed by atoms with van der Waals surface area (Å²) < 4.78 is 5.59. The number of piperazine rings is 1. The van der Waals surface area contributed by atoms with Gasteiger partial charge in [0.05, 0.1) is 11.7 Å². The number of carbonyl (C=O) groups excluding carboxylic acids is 2. The molecule has 0 aliphatic carbocycles. The summed E-state index contributed by atoms with van der Waals surface area (Å²) in [6, 6.07) is 13.9.